The smallest absolute Gasteiger partial charge is 0.160 e. The highest BCUT2D eigenvalue weighted by Gasteiger charge is 2.22. The average molecular weight is 367 g/mol. The molecular weight excluding hydrogens is 350 g/mol. The molecule has 21 heavy (non-hydrogen) atoms. The standard InChI is InChI=1S/C16H17BrClN3/c1-2-19-14-4-3-5-15-12(14)9-20-16(21-15)11-8-10(18)6-7-13(11)17/h6-9,14,19H,2-5H2,1H3. The van der Waals surface area contributed by atoms with Gasteiger partial charge in [-0.05, 0) is 44.0 Å². The minimum atomic E-state index is 0.385. The zero-order chi connectivity index (χ0) is 14.8. The molecule has 1 atom stereocenters. The van der Waals surface area contributed by atoms with Gasteiger partial charge >= 0.3 is 0 Å². The van der Waals surface area contributed by atoms with Crippen LogP contribution in [0.3, 0.4) is 0 Å². The first-order chi connectivity index (χ1) is 10.2. The third-order valence-corrected chi connectivity index (χ3v) is 4.73. The van der Waals surface area contributed by atoms with Crippen LogP contribution in [0.2, 0.25) is 5.02 Å². The van der Waals surface area contributed by atoms with Crippen molar-refractivity contribution in [2.75, 3.05) is 6.54 Å². The molecule has 2 aromatic rings. The van der Waals surface area contributed by atoms with Gasteiger partial charge in [0.1, 0.15) is 0 Å². The van der Waals surface area contributed by atoms with Crippen LogP contribution in [0.25, 0.3) is 11.4 Å². The number of fused-ring (bicyclic) bond motifs is 1. The Kier molecular flexibility index (Phi) is 4.57. The molecule has 0 radical (unpaired) electrons. The highest BCUT2D eigenvalue weighted by Crippen LogP contribution is 2.32. The molecule has 1 aliphatic carbocycles. The van der Waals surface area contributed by atoms with Gasteiger partial charge in [0.2, 0.25) is 0 Å². The van der Waals surface area contributed by atoms with Crippen LogP contribution in [-0.4, -0.2) is 16.5 Å². The second kappa shape index (κ2) is 6.42. The Morgan fingerprint density at radius 2 is 2.29 bits per heavy atom. The van der Waals surface area contributed by atoms with Crippen LogP contribution in [0.4, 0.5) is 0 Å². The molecule has 1 aromatic carbocycles. The largest absolute Gasteiger partial charge is 0.310 e. The van der Waals surface area contributed by atoms with Gasteiger partial charge in [-0.1, -0.05) is 34.5 Å². The molecule has 3 rings (SSSR count). The maximum absolute atomic E-state index is 6.09. The van der Waals surface area contributed by atoms with E-state index in [1.807, 2.05) is 24.4 Å². The van der Waals surface area contributed by atoms with Crippen molar-refractivity contribution in [3.05, 3.63) is 45.1 Å². The molecule has 1 N–H and O–H groups in total. The van der Waals surface area contributed by atoms with Gasteiger partial charge in [-0.15, -0.1) is 0 Å². The summed E-state index contributed by atoms with van der Waals surface area (Å²) in [5.74, 6) is 0.736. The van der Waals surface area contributed by atoms with E-state index in [4.69, 9.17) is 16.6 Å². The quantitative estimate of drug-likeness (QED) is 0.866. The zero-order valence-corrected chi connectivity index (χ0v) is 14.2. The number of nitrogens with zero attached hydrogens (tertiary/aromatic N) is 2. The monoisotopic (exact) mass is 365 g/mol. The van der Waals surface area contributed by atoms with Gasteiger partial charge in [-0.3, -0.25) is 0 Å². The molecule has 0 bridgehead atoms. The molecule has 1 heterocycles. The Bertz CT molecular complexity index is 660. The number of aromatic nitrogens is 2. The fourth-order valence-corrected chi connectivity index (χ4v) is 3.40. The van der Waals surface area contributed by atoms with E-state index in [1.165, 1.54) is 5.56 Å². The first kappa shape index (κ1) is 14.9. The summed E-state index contributed by atoms with van der Waals surface area (Å²) in [7, 11) is 0. The minimum absolute atomic E-state index is 0.385. The molecule has 0 aliphatic heterocycles. The van der Waals surface area contributed by atoms with Crippen LogP contribution < -0.4 is 5.32 Å². The first-order valence-corrected chi connectivity index (χ1v) is 8.40. The van der Waals surface area contributed by atoms with Crippen molar-refractivity contribution >= 4 is 27.5 Å². The highest BCUT2D eigenvalue weighted by atomic mass is 79.9. The number of hydrogen-bond acceptors (Lipinski definition) is 3. The van der Waals surface area contributed by atoms with Crippen molar-refractivity contribution in [1.29, 1.82) is 0 Å². The van der Waals surface area contributed by atoms with Crippen molar-refractivity contribution in [3.63, 3.8) is 0 Å². The van der Waals surface area contributed by atoms with Gasteiger partial charge in [-0.2, -0.15) is 0 Å². The number of aryl methyl sites for hydroxylation is 1. The van der Waals surface area contributed by atoms with Crippen molar-refractivity contribution in [2.24, 2.45) is 0 Å². The van der Waals surface area contributed by atoms with Crippen LogP contribution in [0, 0.1) is 0 Å². The molecule has 0 fully saturated rings. The van der Waals surface area contributed by atoms with Crippen molar-refractivity contribution < 1.29 is 0 Å². The van der Waals surface area contributed by atoms with Gasteiger partial charge in [0.15, 0.2) is 5.82 Å². The van der Waals surface area contributed by atoms with E-state index in [0.717, 1.165) is 47.4 Å². The third kappa shape index (κ3) is 3.12. The fraction of sp³-hybridized carbons (Fsp3) is 0.375. The van der Waals surface area contributed by atoms with Crippen LogP contribution in [0.1, 0.15) is 37.1 Å². The van der Waals surface area contributed by atoms with Crippen molar-refractivity contribution in [2.45, 2.75) is 32.2 Å². The molecule has 0 saturated heterocycles. The summed E-state index contributed by atoms with van der Waals surface area (Å²) < 4.78 is 0.964. The number of benzene rings is 1. The molecule has 5 heteroatoms. The lowest BCUT2D eigenvalue weighted by Gasteiger charge is -2.25. The molecule has 1 unspecified atom stereocenters. The third-order valence-electron chi connectivity index (χ3n) is 3.80. The van der Waals surface area contributed by atoms with Crippen LogP contribution >= 0.6 is 27.5 Å². The summed E-state index contributed by atoms with van der Waals surface area (Å²) in [4.78, 5) is 9.34. The average Bonchev–Trinajstić information content (AvgIpc) is 2.50. The summed E-state index contributed by atoms with van der Waals surface area (Å²) in [6.45, 7) is 3.10. The molecule has 0 saturated carbocycles. The molecule has 3 nitrogen and oxygen atoms in total. The molecular formula is C16H17BrClN3. The van der Waals surface area contributed by atoms with E-state index >= 15 is 0 Å². The summed E-state index contributed by atoms with van der Waals surface area (Å²) in [5, 5.41) is 4.20. The normalized spacial score (nSPS) is 17.6. The van der Waals surface area contributed by atoms with E-state index in [2.05, 4.69) is 33.2 Å². The molecule has 110 valence electrons. The van der Waals surface area contributed by atoms with Gasteiger partial charge in [0.05, 0.1) is 0 Å². The van der Waals surface area contributed by atoms with Crippen LogP contribution in [0.5, 0.6) is 0 Å². The van der Waals surface area contributed by atoms with Gasteiger partial charge in [0, 0.05) is 38.6 Å². The lowest BCUT2D eigenvalue weighted by atomic mass is 9.92. The maximum Gasteiger partial charge on any atom is 0.160 e. The Morgan fingerprint density at radius 1 is 1.43 bits per heavy atom. The summed E-state index contributed by atoms with van der Waals surface area (Å²) in [5.41, 5.74) is 3.34. The molecule has 0 spiro atoms. The maximum atomic E-state index is 6.09. The lowest BCUT2D eigenvalue weighted by Crippen LogP contribution is -2.25. The highest BCUT2D eigenvalue weighted by molar-refractivity contribution is 9.10. The Morgan fingerprint density at radius 3 is 3.10 bits per heavy atom. The van der Waals surface area contributed by atoms with Crippen LogP contribution in [0.15, 0.2) is 28.9 Å². The van der Waals surface area contributed by atoms with E-state index in [1.54, 1.807) is 0 Å². The Hall–Kier alpha value is -0.970. The number of nitrogens with one attached hydrogen (secondary N) is 1. The summed E-state index contributed by atoms with van der Waals surface area (Å²) >= 11 is 9.64. The van der Waals surface area contributed by atoms with Crippen molar-refractivity contribution in [3.8, 4) is 11.4 Å². The predicted molar refractivity (Wildman–Crippen MR) is 89.5 cm³/mol. The summed E-state index contributed by atoms with van der Waals surface area (Å²) in [6, 6.07) is 6.07. The topological polar surface area (TPSA) is 37.8 Å². The minimum Gasteiger partial charge on any atom is -0.310 e. The van der Waals surface area contributed by atoms with E-state index in [0.29, 0.717) is 11.1 Å². The first-order valence-electron chi connectivity index (χ1n) is 7.23. The van der Waals surface area contributed by atoms with Gasteiger partial charge < -0.3 is 5.32 Å². The van der Waals surface area contributed by atoms with Crippen molar-refractivity contribution in [1.82, 2.24) is 15.3 Å². The van der Waals surface area contributed by atoms with Crippen LogP contribution in [-0.2, 0) is 6.42 Å². The second-order valence-electron chi connectivity index (χ2n) is 5.22. The SMILES string of the molecule is CCNC1CCCc2nc(-c3cc(Cl)ccc3Br)ncc21. The number of halogens is 2. The fourth-order valence-electron chi connectivity index (χ4n) is 2.80. The van der Waals surface area contributed by atoms with Gasteiger partial charge in [0.25, 0.3) is 0 Å². The van der Waals surface area contributed by atoms with E-state index in [-0.39, 0.29) is 0 Å². The summed E-state index contributed by atoms with van der Waals surface area (Å²) in [6.07, 6.45) is 5.31. The molecule has 0 amide bonds. The predicted octanol–water partition coefficient (Wildman–Crippen LogP) is 4.55. The number of rotatable bonds is 3. The Labute approximate surface area is 138 Å². The Balaban J connectivity index is 2.01. The lowest BCUT2D eigenvalue weighted by molar-refractivity contribution is 0.464. The zero-order valence-electron chi connectivity index (χ0n) is 11.9. The van der Waals surface area contributed by atoms with E-state index < -0.39 is 0 Å². The van der Waals surface area contributed by atoms with Gasteiger partial charge in [-0.25, -0.2) is 9.97 Å². The number of hydrogen-bond donors (Lipinski definition) is 1. The van der Waals surface area contributed by atoms with E-state index in [9.17, 15) is 0 Å². The molecule has 1 aliphatic rings. The second-order valence-corrected chi connectivity index (χ2v) is 6.51. The molecule has 1 aromatic heterocycles.